The van der Waals surface area contributed by atoms with E-state index in [9.17, 15) is 0 Å². The third-order valence-electron chi connectivity index (χ3n) is 3.71. The summed E-state index contributed by atoms with van der Waals surface area (Å²) in [6.07, 6.45) is 5.62. The van der Waals surface area contributed by atoms with Crippen LogP contribution in [0.4, 0.5) is 5.82 Å². The lowest BCUT2D eigenvalue weighted by Crippen LogP contribution is -2.41. The molecule has 1 fully saturated rings. The number of benzene rings is 1. The number of hydrogen-bond acceptors (Lipinski definition) is 4. The lowest BCUT2D eigenvalue weighted by molar-refractivity contribution is 0.208. The van der Waals surface area contributed by atoms with Gasteiger partial charge in [-0.25, -0.2) is 4.98 Å². The molecule has 1 atom stereocenters. The molecule has 1 aromatic carbocycles. The average molecular weight is 303 g/mol. The maximum atomic E-state index is 5.87. The van der Waals surface area contributed by atoms with E-state index in [1.807, 2.05) is 0 Å². The highest BCUT2D eigenvalue weighted by molar-refractivity contribution is 6.29. The van der Waals surface area contributed by atoms with Crippen molar-refractivity contribution in [3.63, 3.8) is 0 Å². The second kappa shape index (κ2) is 6.87. The first-order chi connectivity index (χ1) is 10.3. The molecule has 5 heteroatoms. The van der Waals surface area contributed by atoms with E-state index in [1.54, 1.807) is 12.4 Å². The summed E-state index contributed by atoms with van der Waals surface area (Å²) in [4.78, 5) is 10.8. The van der Waals surface area contributed by atoms with Crippen LogP contribution in [-0.2, 0) is 6.54 Å². The van der Waals surface area contributed by atoms with Crippen LogP contribution in [0.2, 0.25) is 5.15 Å². The smallest absolute Gasteiger partial charge is 0.149 e. The van der Waals surface area contributed by atoms with Crippen molar-refractivity contribution in [2.45, 2.75) is 25.4 Å². The van der Waals surface area contributed by atoms with Crippen molar-refractivity contribution in [2.75, 3.05) is 18.4 Å². The van der Waals surface area contributed by atoms with Crippen molar-refractivity contribution in [3.05, 3.63) is 53.4 Å². The van der Waals surface area contributed by atoms with Crippen LogP contribution in [-0.4, -0.2) is 34.0 Å². The molecule has 1 aromatic heterocycles. The average Bonchev–Trinajstić information content (AvgIpc) is 2.49. The summed E-state index contributed by atoms with van der Waals surface area (Å²) in [5.74, 6) is 0.758. The molecule has 2 aromatic rings. The second-order valence-corrected chi connectivity index (χ2v) is 5.82. The molecule has 0 radical (unpaired) electrons. The molecule has 0 aliphatic carbocycles. The Kier molecular flexibility index (Phi) is 4.68. The van der Waals surface area contributed by atoms with Crippen molar-refractivity contribution in [1.29, 1.82) is 0 Å². The number of aromatic nitrogens is 2. The van der Waals surface area contributed by atoms with Crippen LogP contribution >= 0.6 is 11.6 Å². The molecule has 1 aliphatic rings. The van der Waals surface area contributed by atoms with Crippen LogP contribution in [0.1, 0.15) is 18.4 Å². The monoisotopic (exact) mass is 302 g/mol. The number of piperidine rings is 1. The Morgan fingerprint density at radius 1 is 1.24 bits per heavy atom. The summed E-state index contributed by atoms with van der Waals surface area (Å²) >= 11 is 5.87. The highest BCUT2D eigenvalue weighted by atomic mass is 35.5. The van der Waals surface area contributed by atoms with Gasteiger partial charge in [-0.15, -0.1) is 0 Å². The van der Waals surface area contributed by atoms with E-state index in [0.29, 0.717) is 11.2 Å². The van der Waals surface area contributed by atoms with Crippen molar-refractivity contribution >= 4 is 17.4 Å². The first kappa shape index (κ1) is 14.3. The van der Waals surface area contributed by atoms with E-state index in [-0.39, 0.29) is 0 Å². The Hall–Kier alpha value is -1.65. The van der Waals surface area contributed by atoms with Gasteiger partial charge < -0.3 is 5.32 Å². The Morgan fingerprint density at radius 2 is 2.10 bits per heavy atom. The molecule has 1 saturated heterocycles. The number of halogens is 1. The minimum absolute atomic E-state index is 0.398. The molecule has 0 bridgehead atoms. The SMILES string of the molecule is Clc1cncc(NC2CCCN(Cc3ccccc3)C2)n1. The summed E-state index contributed by atoms with van der Waals surface area (Å²) in [5, 5.41) is 3.87. The predicted octanol–water partition coefficient (Wildman–Crippen LogP) is 3.21. The fraction of sp³-hybridized carbons (Fsp3) is 0.375. The number of nitrogens with zero attached hydrogens (tertiary/aromatic N) is 3. The molecule has 0 spiro atoms. The number of rotatable bonds is 4. The van der Waals surface area contributed by atoms with Crippen LogP contribution in [0, 0.1) is 0 Å². The summed E-state index contributed by atoms with van der Waals surface area (Å²) < 4.78 is 0. The van der Waals surface area contributed by atoms with Crippen LogP contribution < -0.4 is 5.32 Å². The zero-order valence-electron chi connectivity index (χ0n) is 11.9. The third kappa shape index (κ3) is 4.16. The summed E-state index contributed by atoms with van der Waals surface area (Å²) in [7, 11) is 0. The molecule has 0 saturated carbocycles. The van der Waals surface area contributed by atoms with E-state index >= 15 is 0 Å². The molecule has 21 heavy (non-hydrogen) atoms. The van der Waals surface area contributed by atoms with E-state index in [1.165, 1.54) is 12.0 Å². The Morgan fingerprint density at radius 3 is 2.90 bits per heavy atom. The normalized spacial score (nSPS) is 19.4. The quantitative estimate of drug-likeness (QED) is 0.941. The van der Waals surface area contributed by atoms with Crippen molar-refractivity contribution in [2.24, 2.45) is 0 Å². The molecule has 110 valence electrons. The zero-order valence-corrected chi connectivity index (χ0v) is 12.6. The van der Waals surface area contributed by atoms with Gasteiger partial charge in [-0.1, -0.05) is 41.9 Å². The predicted molar refractivity (Wildman–Crippen MR) is 85.4 cm³/mol. The lowest BCUT2D eigenvalue weighted by atomic mass is 10.0. The molecule has 3 rings (SSSR count). The zero-order chi connectivity index (χ0) is 14.5. The fourth-order valence-corrected chi connectivity index (χ4v) is 2.93. The Balaban J connectivity index is 1.58. The topological polar surface area (TPSA) is 41.1 Å². The number of likely N-dealkylation sites (tertiary alicyclic amines) is 1. The maximum Gasteiger partial charge on any atom is 0.149 e. The van der Waals surface area contributed by atoms with Gasteiger partial charge in [0.15, 0.2) is 0 Å². The second-order valence-electron chi connectivity index (χ2n) is 5.43. The van der Waals surface area contributed by atoms with Crippen LogP contribution in [0.5, 0.6) is 0 Å². The fourth-order valence-electron chi connectivity index (χ4n) is 2.78. The van der Waals surface area contributed by atoms with E-state index in [0.717, 1.165) is 31.9 Å². The van der Waals surface area contributed by atoms with Crippen molar-refractivity contribution < 1.29 is 0 Å². The van der Waals surface area contributed by atoms with Gasteiger partial charge >= 0.3 is 0 Å². The minimum Gasteiger partial charge on any atom is -0.365 e. The molecule has 2 heterocycles. The van der Waals surface area contributed by atoms with E-state index in [4.69, 9.17) is 11.6 Å². The van der Waals surface area contributed by atoms with Gasteiger partial charge in [0.1, 0.15) is 11.0 Å². The van der Waals surface area contributed by atoms with E-state index < -0.39 is 0 Å². The molecular formula is C16H19ClN4. The van der Waals surface area contributed by atoms with Gasteiger partial charge in [-0.2, -0.15) is 0 Å². The Labute approximate surface area is 130 Å². The van der Waals surface area contributed by atoms with Gasteiger partial charge in [0, 0.05) is 19.1 Å². The van der Waals surface area contributed by atoms with Crippen molar-refractivity contribution in [1.82, 2.24) is 14.9 Å². The maximum absolute atomic E-state index is 5.87. The molecule has 1 aliphatic heterocycles. The highest BCUT2D eigenvalue weighted by Gasteiger charge is 2.20. The van der Waals surface area contributed by atoms with Crippen LogP contribution in [0.15, 0.2) is 42.7 Å². The van der Waals surface area contributed by atoms with Gasteiger partial charge in [-0.05, 0) is 24.9 Å². The van der Waals surface area contributed by atoms with E-state index in [2.05, 4.69) is 50.5 Å². The van der Waals surface area contributed by atoms with Gasteiger partial charge in [0.2, 0.25) is 0 Å². The van der Waals surface area contributed by atoms with Gasteiger partial charge in [0.05, 0.1) is 12.4 Å². The summed E-state index contributed by atoms with van der Waals surface area (Å²) in [5.41, 5.74) is 1.36. The largest absolute Gasteiger partial charge is 0.365 e. The van der Waals surface area contributed by atoms with Crippen LogP contribution in [0.25, 0.3) is 0 Å². The third-order valence-corrected chi connectivity index (χ3v) is 3.89. The standard InChI is InChI=1S/C16H19ClN4/c17-15-9-18-10-16(20-15)19-14-7-4-8-21(12-14)11-13-5-2-1-3-6-13/h1-3,5-6,9-10,14H,4,7-8,11-12H2,(H,19,20). The van der Waals surface area contributed by atoms with Gasteiger partial charge in [0.25, 0.3) is 0 Å². The summed E-state index contributed by atoms with van der Waals surface area (Å²) in [6, 6.07) is 11.0. The molecule has 1 unspecified atom stereocenters. The molecule has 1 N–H and O–H groups in total. The first-order valence-corrected chi connectivity index (χ1v) is 7.68. The number of hydrogen-bond donors (Lipinski definition) is 1. The van der Waals surface area contributed by atoms with Crippen molar-refractivity contribution in [3.8, 4) is 0 Å². The summed E-state index contributed by atoms with van der Waals surface area (Å²) in [6.45, 7) is 3.16. The highest BCUT2D eigenvalue weighted by Crippen LogP contribution is 2.17. The minimum atomic E-state index is 0.398. The Bertz CT molecular complexity index is 575. The number of nitrogens with one attached hydrogen (secondary N) is 1. The molecular weight excluding hydrogens is 284 g/mol. The molecule has 0 amide bonds. The lowest BCUT2D eigenvalue weighted by Gasteiger charge is -2.33. The van der Waals surface area contributed by atoms with Gasteiger partial charge in [-0.3, -0.25) is 9.88 Å². The molecule has 4 nitrogen and oxygen atoms in total. The first-order valence-electron chi connectivity index (χ1n) is 7.30. The number of anilines is 1. The van der Waals surface area contributed by atoms with Crippen LogP contribution in [0.3, 0.4) is 0 Å².